The summed E-state index contributed by atoms with van der Waals surface area (Å²) in [6.45, 7) is 5.22. The molecule has 0 aromatic heterocycles. The molecule has 126 valence electrons. The van der Waals surface area contributed by atoms with Gasteiger partial charge in [-0.2, -0.15) is 0 Å². The molecule has 2 atom stereocenters. The van der Waals surface area contributed by atoms with Crippen molar-refractivity contribution in [1.82, 2.24) is 4.90 Å². The van der Waals surface area contributed by atoms with Crippen LogP contribution < -0.4 is 5.32 Å². The van der Waals surface area contributed by atoms with Gasteiger partial charge in [-0.15, -0.1) is 0 Å². The minimum absolute atomic E-state index is 0.0381. The van der Waals surface area contributed by atoms with E-state index >= 15 is 0 Å². The fraction of sp³-hybridized carbons (Fsp3) is 0.500. The van der Waals surface area contributed by atoms with Gasteiger partial charge in [-0.05, 0) is 45.0 Å². The smallest absolute Gasteiger partial charge is 0.411 e. The van der Waals surface area contributed by atoms with Crippen LogP contribution in [0.5, 0.6) is 0 Å². The van der Waals surface area contributed by atoms with Crippen LogP contribution in [0.1, 0.15) is 27.2 Å². The summed E-state index contributed by atoms with van der Waals surface area (Å²) in [4.78, 5) is 25.8. The van der Waals surface area contributed by atoms with Gasteiger partial charge in [0.2, 0.25) is 5.91 Å². The van der Waals surface area contributed by atoms with Crippen LogP contribution in [0.15, 0.2) is 24.3 Å². The molecule has 23 heavy (non-hydrogen) atoms. The summed E-state index contributed by atoms with van der Waals surface area (Å²) in [7, 11) is 0. The third-order valence-corrected chi connectivity index (χ3v) is 3.32. The first-order valence-electron chi connectivity index (χ1n) is 7.40. The number of rotatable bonds is 2. The monoisotopic (exact) mass is 324 g/mol. The molecule has 2 amide bonds. The van der Waals surface area contributed by atoms with Gasteiger partial charge in [0.15, 0.2) is 0 Å². The Morgan fingerprint density at radius 3 is 2.48 bits per heavy atom. The van der Waals surface area contributed by atoms with Crippen molar-refractivity contribution in [3.63, 3.8) is 0 Å². The van der Waals surface area contributed by atoms with E-state index in [2.05, 4.69) is 5.32 Å². The summed E-state index contributed by atoms with van der Waals surface area (Å²) < 4.78 is 18.1. The lowest BCUT2D eigenvalue weighted by molar-refractivity contribution is -0.120. The number of hydrogen-bond donors (Lipinski definition) is 2. The van der Waals surface area contributed by atoms with Gasteiger partial charge >= 0.3 is 6.09 Å². The molecule has 7 heteroatoms. The molecule has 1 aromatic rings. The van der Waals surface area contributed by atoms with Gasteiger partial charge in [0.25, 0.3) is 0 Å². The van der Waals surface area contributed by atoms with Crippen LogP contribution in [0, 0.1) is 5.82 Å². The molecule has 6 nitrogen and oxygen atoms in total. The summed E-state index contributed by atoms with van der Waals surface area (Å²) in [6, 6.07) is 4.48. The first-order valence-corrected chi connectivity index (χ1v) is 7.40. The Bertz CT molecular complexity index is 583. The number of β-amino-alcohol motifs (C(OH)–C–C–N with tert-alkyl or cyclic N) is 1. The van der Waals surface area contributed by atoms with Crippen LogP contribution >= 0.6 is 0 Å². The maximum absolute atomic E-state index is 12.9. The predicted octanol–water partition coefficient (Wildman–Crippen LogP) is 2.13. The number of aliphatic hydroxyl groups excluding tert-OH is 1. The van der Waals surface area contributed by atoms with E-state index in [0.29, 0.717) is 5.69 Å². The zero-order valence-electron chi connectivity index (χ0n) is 13.4. The van der Waals surface area contributed by atoms with Crippen molar-refractivity contribution in [1.29, 1.82) is 0 Å². The summed E-state index contributed by atoms with van der Waals surface area (Å²) in [5, 5.41) is 12.4. The average molecular weight is 324 g/mol. The van der Waals surface area contributed by atoms with Crippen molar-refractivity contribution >= 4 is 17.7 Å². The Morgan fingerprint density at radius 1 is 1.30 bits per heavy atom. The highest BCUT2D eigenvalue weighted by molar-refractivity contribution is 5.97. The number of carbonyl (C=O) groups is 2. The lowest BCUT2D eigenvalue weighted by Crippen LogP contribution is -2.45. The largest absolute Gasteiger partial charge is 0.444 e. The molecule has 0 unspecified atom stereocenters. The number of nitrogens with zero attached hydrogens (tertiary/aromatic N) is 1. The minimum Gasteiger partial charge on any atom is -0.444 e. The molecule has 1 aliphatic heterocycles. The normalized spacial score (nSPS) is 21.2. The van der Waals surface area contributed by atoms with Crippen LogP contribution in [0.3, 0.4) is 0 Å². The highest BCUT2D eigenvalue weighted by Gasteiger charge is 2.40. The molecule has 1 saturated heterocycles. The standard InChI is InChI=1S/C16H21FN2O4/c1-16(2,3)23-15(22)19-9-12(20)8-13(19)14(21)18-11-6-4-10(17)5-7-11/h4-7,12-13,20H,8-9H2,1-3H3,(H,18,21)/t12-,13+/m1/s1. The van der Waals surface area contributed by atoms with Crippen LogP contribution in [0.4, 0.5) is 14.9 Å². The molecular weight excluding hydrogens is 303 g/mol. The summed E-state index contributed by atoms with van der Waals surface area (Å²) in [6.07, 6.45) is -1.30. The van der Waals surface area contributed by atoms with Gasteiger partial charge in [0.05, 0.1) is 12.6 Å². The van der Waals surface area contributed by atoms with Gasteiger partial charge in [0, 0.05) is 12.1 Å². The highest BCUT2D eigenvalue weighted by atomic mass is 19.1. The SMILES string of the molecule is CC(C)(C)OC(=O)N1C[C@H](O)C[C@H]1C(=O)Nc1ccc(F)cc1. The molecule has 0 bridgehead atoms. The second kappa shape index (κ2) is 6.54. The lowest BCUT2D eigenvalue weighted by Gasteiger charge is -2.27. The molecular formula is C16H21FN2O4. The Balaban J connectivity index is 2.07. The van der Waals surface area contributed by atoms with Crippen molar-refractivity contribution in [3.8, 4) is 0 Å². The van der Waals surface area contributed by atoms with E-state index in [4.69, 9.17) is 4.74 Å². The molecule has 0 radical (unpaired) electrons. The van der Waals surface area contributed by atoms with Gasteiger partial charge < -0.3 is 15.2 Å². The number of carbonyl (C=O) groups excluding carboxylic acids is 2. The molecule has 1 aliphatic rings. The van der Waals surface area contributed by atoms with Crippen LogP contribution in [-0.4, -0.2) is 46.3 Å². The molecule has 2 rings (SSSR count). The maximum Gasteiger partial charge on any atom is 0.411 e. The third kappa shape index (κ3) is 4.66. The number of amides is 2. The minimum atomic E-state index is -0.829. The van der Waals surface area contributed by atoms with Gasteiger partial charge in [-0.25, -0.2) is 9.18 Å². The van der Waals surface area contributed by atoms with Gasteiger partial charge in [-0.3, -0.25) is 9.69 Å². The number of ether oxygens (including phenoxy) is 1. The Kier molecular flexibility index (Phi) is 4.89. The molecule has 0 aliphatic carbocycles. The van der Waals surface area contributed by atoms with E-state index in [1.165, 1.54) is 29.2 Å². The molecule has 2 N–H and O–H groups in total. The Morgan fingerprint density at radius 2 is 1.91 bits per heavy atom. The molecule has 1 fully saturated rings. The zero-order valence-corrected chi connectivity index (χ0v) is 13.4. The maximum atomic E-state index is 12.9. The number of likely N-dealkylation sites (tertiary alicyclic amines) is 1. The summed E-state index contributed by atoms with van der Waals surface area (Å²) in [5.74, 6) is -0.853. The van der Waals surface area contributed by atoms with Crippen molar-refractivity contribution in [2.24, 2.45) is 0 Å². The van der Waals surface area contributed by atoms with Gasteiger partial charge in [-0.1, -0.05) is 0 Å². The Labute approximate surface area is 134 Å². The fourth-order valence-corrected chi connectivity index (χ4v) is 2.34. The van der Waals surface area contributed by atoms with E-state index in [-0.39, 0.29) is 13.0 Å². The van der Waals surface area contributed by atoms with Crippen LogP contribution in [0.25, 0.3) is 0 Å². The van der Waals surface area contributed by atoms with E-state index in [1.54, 1.807) is 20.8 Å². The average Bonchev–Trinajstić information content (AvgIpc) is 2.82. The topological polar surface area (TPSA) is 78.9 Å². The van der Waals surface area contributed by atoms with E-state index < -0.39 is 35.6 Å². The molecule has 1 aromatic carbocycles. The number of aliphatic hydroxyl groups is 1. The number of anilines is 1. The van der Waals surface area contributed by atoms with Crippen molar-refractivity contribution in [2.75, 3.05) is 11.9 Å². The van der Waals surface area contributed by atoms with Gasteiger partial charge in [0.1, 0.15) is 17.5 Å². The van der Waals surface area contributed by atoms with Crippen molar-refractivity contribution in [3.05, 3.63) is 30.1 Å². The zero-order chi connectivity index (χ0) is 17.2. The second-order valence-electron chi connectivity index (χ2n) is 6.53. The van der Waals surface area contributed by atoms with E-state index in [0.717, 1.165) is 0 Å². The number of halogens is 1. The van der Waals surface area contributed by atoms with E-state index in [9.17, 15) is 19.1 Å². The lowest BCUT2D eigenvalue weighted by atomic mass is 10.2. The molecule has 1 heterocycles. The van der Waals surface area contributed by atoms with Crippen molar-refractivity contribution in [2.45, 2.75) is 44.9 Å². The number of hydrogen-bond acceptors (Lipinski definition) is 4. The predicted molar refractivity (Wildman–Crippen MR) is 82.4 cm³/mol. The second-order valence-corrected chi connectivity index (χ2v) is 6.53. The fourth-order valence-electron chi connectivity index (χ4n) is 2.34. The van der Waals surface area contributed by atoms with E-state index in [1.807, 2.05) is 0 Å². The van der Waals surface area contributed by atoms with Crippen LogP contribution in [0.2, 0.25) is 0 Å². The number of benzene rings is 1. The third-order valence-electron chi connectivity index (χ3n) is 3.32. The summed E-state index contributed by atoms with van der Waals surface area (Å²) in [5.41, 5.74) is -0.273. The van der Waals surface area contributed by atoms with Crippen LogP contribution in [-0.2, 0) is 9.53 Å². The quantitative estimate of drug-likeness (QED) is 0.873. The van der Waals surface area contributed by atoms with Crippen molar-refractivity contribution < 1.29 is 23.8 Å². The molecule has 0 spiro atoms. The Hall–Kier alpha value is -2.15. The summed E-state index contributed by atoms with van der Waals surface area (Å²) >= 11 is 0. The first kappa shape index (κ1) is 17.2. The molecule has 0 saturated carbocycles. The highest BCUT2D eigenvalue weighted by Crippen LogP contribution is 2.22. The number of nitrogens with one attached hydrogen (secondary N) is 1. The first-order chi connectivity index (χ1) is 10.7.